The molecule has 3 rings (SSSR count). The van der Waals surface area contributed by atoms with Crippen molar-refractivity contribution in [3.05, 3.63) is 60.5 Å². The Morgan fingerprint density at radius 1 is 1.12 bits per heavy atom. The van der Waals surface area contributed by atoms with Crippen molar-refractivity contribution in [2.75, 3.05) is 0 Å². The highest BCUT2D eigenvalue weighted by atomic mass is 16.5. The van der Waals surface area contributed by atoms with Gasteiger partial charge in [0.15, 0.2) is 12.2 Å². The van der Waals surface area contributed by atoms with E-state index in [2.05, 4.69) is 11.1 Å². The number of hydrogen-bond acceptors (Lipinski definition) is 3. The molecule has 17 heavy (non-hydrogen) atoms. The van der Waals surface area contributed by atoms with Crippen molar-refractivity contribution < 1.29 is 9.15 Å². The summed E-state index contributed by atoms with van der Waals surface area (Å²) in [5, 5.41) is 0. The van der Waals surface area contributed by atoms with Crippen molar-refractivity contribution in [2.45, 2.75) is 6.61 Å². The molecule has 0 fully saturated rings. The minimum atomic E-state index is 0.332. The summed E-state index contributed by atoms with van der Waals surface area (Å²) in [5.41, 5.74) is 1.64. The summed E-state index contributed by atoms with van der Waals surface area (Å²) in [6.45, 7) is 0.332. The number of benzene rings is 2. The predicted molar refractivity (Wildman–Crippen MR) is 63.6 cm³/mol. The summed E-state index contributed by atoms with van der Waals surface area (Å²) in [6.07, 6.45) is 0. The van der Waals surface area contributed by atoms with E-state index >= 15 is 0 Å². The van der Waals surface area contributed by atoms with Crippen molar-refractivity contribution in [1.82, 2.24) is 4.98 Å². The molecule has 3 nitrogen and oxygen atoms in total. The maximum atomic E-state index is 5.55. The lowest BCUT2D eigenvalue weighted by atomic mass is 10.3. The molecule has 0 aliphatic carbocycles. The number of rotatable bonds is 3. The standard InChI is InChI=1S/C14H10NO2/c1-2-6-11(7-3-1)16-10-14-15-12-8-4-5-9-13(12)17-14/h2-9H,10H2. The fraction of sp³-hybridized carbons (Fsp3) is 0.0714. The topological polar surface area (TPSA) is 35.3 Å². The second-order valence-corrected chi connectivity index (χ2v) is 3.60. The van der Waals surface area contributed by atoms with E-state index < -0.39 is 0 Å². The zero-order valence-corrected chi connectivity index (χ0v) is 9.09. The molecule has 1 heterocycles. The third kappa shape index (κ3) is 2.13. The van der Waals surface area contributed by atoms with Crippen LogP contribution in [0.15, 0.2) is 52.9 Å². The highest BCUT2D eigenvalue weighted by Gasteiger charge is 2.05. The molecule has 0 aliphatic rings. The third-order valence-electron chi connectivity index (χ3n) is 2.39. The van der Waals surface area contributed by atoms with Gasteiger partial charge >= 0.3 is 0 Å². The van der Waals surface area contributed by atoms with Gasteiger partial charge in [-0.05, 0) is 30.3 Å². The quantitative estimate of drug-likeness (QED) is 0.685. The maximum Gasteiger partial charge on any atom is 0.233 e. The van der Waals surface area contributed by atoms with Crippen LogP contribution < -0.4 is 4.74 Å². The number of aromatic nitrogens is 1. The Kier molecular flexibility index (Phi) is 2.50. The van der Waals surface area contributed by atoms with Gasteiger partial charge in [-0.3, -0.25) is 0 Å². The SMILES string of the molecule is [c]1ccc(OCc2nc3ccccc3o2)cc1. The van der Waals surface area contributed by atoms with Gasteiger partial charge in [-0.1, -0.05) is 24.3 Å². The molecule has 0 amide bonds. The molecule has 0 saturated heterocycles. The van der Waals surface area contributed by atoms with Crippen LogP contribution in [-0.4, -0.2) is 4.98 Å². The number of ether oxygens (including phenoxy) is 1. The lowest BCUT2D eigenvalue weighted by Crippen LogP contribution is -1.94. The summed E-state index contributed by atoms with van der Waals surface area (Å²) in [7, 11) is 0. The summed E-state index contributed by atoms with van der Waals surface area (Å²) in [4.78, 5) is 4.33. The molecule has 0 spiro atoms. The highest BCUT2D eigenvalue weighted by Crippen LogP contribution is 2.16. The largest absolute Gasteiger partial charge is 0.484 e. The summed E-state index contributed by atoms with van der Waals surface area (Å²) in [6, 6.07) is 17.9. The van der Waals surface area contributed by atoms with Crippen LogP contribution >= 0.6 is 0 Å². The molecule has 0 N–H and O–H groups in total. The minimum absolute atomic E-state index is 0.332. The van der Waals surface area contributed by atoms with Crippen LogP contribution in [0.25, 0.3) is 11.1 Å². The Morgan fingerprint density at radius 2 is 1.94 bits per heavy atom. The molecule has 1 aromatic heterocycles. The van der Waals surface area contributed by atoms with Crippen LogP contribution in [0.3, 0.4) is 0 Å². The molecule has 0 aliphatic heterocycles. The van der Waals surface area contributed by atoms with Gasteiger partial charge < -0.3 is 9.15 Å². The number of para-hydroxylation sites is 2. The maximum absolute atomic E-state index is 5.55. The molecule has 0 atom stereocenters. The molecular weight excluding hydrogens is 214 g/mol. The smallest absolute Gasteiger partial charge is 0.233 e. The van der Waals surface area contributed by atoms with Gasteiger partial charge in [0, 0.05) is 0 Å². The molecule has 83 valence electrons. The van der Waals surface area contributed by atoms with E-state index in [0.29, 0.717) is 12.5 Å². The first-order valence-electron chi connectivity index (χ1n) is 5.35. The Morgan fingerprint density at radius 3 is 2.76 bits per heavy atom. The Labute approximate surface area is 98.7 Å². The van der Waals surface area contributed by atoms with Crippen LogP contribution in [0.5, 0.6) is 5.75 Å². The van der Waals surface area contributed by atoms with Crippen molar-refractivity contribution in [3.8, 4) is 5.75 Å². The first-order valence-corrected chi connectivity index (χ1v) is 5.35. The molecule has 0 bridgehead atoms. The zero-order chi connectivity index (χ0) is 11.5. The van der Waals surface area contributed by atoms with E-state index in [9.17, 15) is 0 Å². The lowest BCUT2D eigenvalue weighted by molar-refractivity contribution is 0.267. The molecule has 3 aromatic rings. The fourth-order valence-corrected chi connectivity index (χ4v) is 1.59. The Hall–Kier alpha value is -2.29. The molecule has 0 unspecified atom stereocenters. The van der Waals surface area contributed by atoms with Gasteiger partial charge in [-0.15, -0.1) is 0 Å². The zero-order valence-electron chi connectivity index (χ0n) is 9.09. The predicted octanol–water partition coefficient (Wildman–Crippen LogP) is 3.21. The second-order valence-electron chi connectivity index (χ2n) is 3.60. The molecule has 2 aromatic carbocycles. The van der Waals surface area contributed by atoms with E-state index in [1.165, 1.54) is 0 Å². The van der Waals surface area contributed by atoms with E-state index in [-0.39, 0.29) is 0 Å². The first kappa shape index (κ1) is 9.90. The number of nitrogens with zero attached hydrogens (tertiary/aromatic N) is 1. The van der Waals surface area contributed by atoms with Crippen LogP contribution in [0.2, 0.25) is 0 Å². The van der Waals surface area contributed by atoms with Crippen molar-refractivity contribution in [1.29, 1.82) is 0 Å². The Bertz CT molecular complexity index is 583. The highest BCUT2D eigenvalue weighted by molar-refractivity contribution is 5.72. The number of hydrogen-bond donors (Lipinski definition) is 0. The van der Waals surface area contributed by atoms with Crippen LogP contribution in [0.4, 0.5) is 0 Å². The summed E-state index contributed by atoms with van der Waals surface area (Å²) in [5.74, 6) is 1.37. The molecule has 1 radical (unpaired) electrons. The van der Waals surface area contributed by atoms with E-state index in [4.69, 9.17) is 9.15 Å². The third-order valence-corrected chi connectivity index (χ3v) is 2.39. The average molecular weight is 224 g/mol. The van der Waals surface area contributed by atoms with Crippen molar-refractivity contribution in [2.24, 2.45) is 0 Å². The van der Waals surface area contributed by atoms with Gasteiger partial charge in [-0.2, -0.15) is 0 Å². The molecule has 3 heteroatoms. The monoisotopic (exact) mass is 224 g/mol. The number of fused-ring (bicyclic) bond motifs is 1. The van der Waals surface area contributed by atoms with Crippen molar-refractivity contribution >= 4 is 11.1 Å². The normalized spacial score (nSPS) is 10.6. The van der Waals surface area contributed by atoms with Gasteiger partial charge in [0.25, 0.3) is 0 Å². The van der Waals surface area contributed by atoms with Gasteiger partial charge in [0.1, 0.15) is 11.3 Å². The lowest BCUT2D eigenvalue weighted by Gasteiger charge is -2.01. The van der Waals surface area contributed by atoms with Gasteiger partial charge in [0.2, 0.25) is 5.89 Å². The van der Waals surface area contributed by atoms with E-state index in [0.717, 1.165) is 16.8 Å². The van der Waals surface area contributed by atoms with Gasteiger partial charge in [0.05, 0.1) is 0 Å². The van der Waals surface area contributed by atoms with E-state index in [1.807, 2.05) is 36.4 Å². The summed E-state index contributed by atoms with van der Waals surface area (Å²) < 4.78 is 11.1. The van der Waals surface area contributed by atoms with Crippen LogP contribution in [0, 0.1) is 6.07 Å². The van der Waals surface area contributed by atoms with Crippen LogP contribution in [-0.2, 0) is 6.61 Å². The average Bonchev–Trinajstić information content (AvgIpc) is 2.80. The second kappa shape index (κ2) is 4.29. The van der Waals surface area contributed by atoms with Crippen molar-refractivity contribution in [3.63, 3.8) is 0 Å². The van der Waals surface area contributed by atoms with E-state index in [1.54, 1.807) is 12.1 Å². The molecular formula is C14H10NO2. The number of oxazole rings is 1. The fourth-order valence-electron chi connectivity index (χ4n) is 1.59. The van der Waals surface area contributed by atoms with Crippen LogP contribution in [0.1, 0.15) is 5.89 Å². The van der Waals surface area contributed by atoms with Gasteiger partial charge in [-0.25, -0.2) is 4.98 Å². The first-order chi connectivity index (χ1) is 8.42. The molecule has 0 saturated carbocycles. The summed E-state index contributed by atoms with van der Waals surface area (Å²) >= 11 is 0. The minimum Gasteiger partial charge on any atom is -0.484 e. The Balaban J connectivity index is 1.77.